The number of carbonyl (C=O) groups excluding carboxylic acids is 1. The molecule has 8 nitrogen and oxygen atoms in total. The van der Waals surface area contributed by atoms with E-state index in [0.29, 0.717) is 36.4 Å². The first-order chi connectivity index (χ1) is 12.4. The van der Waals surface area contributed by atoms with Crippen LogP contribution in [0.4, 0.5) is 16.3 Å². The standard InChI is InChI=1S/C17H22N6O2S/c1-2-3-10-8-11(23-6-4-17(21,9-18)5-7-23)22-14-12(10)13(19)15(26-14)25-16(20)24/h8H,2-7,19,21H2,1H3,(H2,20,24). The number of nitriles is 1. The van der Waals surface area contributed by atoms with Crippen molar-refractivity contribution in [1.29, 1.82) is 5.26 Å². The lowest BCUT2D eigenvalue weighted by Gasteiger charge is -2.35. The van der Waals surface area contributed by atoms with Crippen molar-refractivity contribution in [3.63, 3.8) is 0 Å². The van der Waals surface area contributed by atoms with Crippen molar-refractivity contribution in [2.24, 2.45) is 11.5 Å². The van der Waals surface area contributed by atoms with E-state index in [1.807, 2.05) is 6.07 Å². The fraction of sp³-hybridized carbons (Fsp3) is 0.471. The Bertz CT molecular complexity index is 879. The lowest BCUT2D eigenvalue weighted by Crippen LogP contribution is -2.49. The van der Waals surface area contributed by atoms with Crippen LogP contribution in [0, 0.1) is 11.3 Å². The SMILES string of the molecule is CCCc1cc(N2CCC(N)(C#N)CC2)nc2sc(OC(N)=O)c(N)c12. The van der Waals surface area contributed by atoms with Crippen LogP contribution in [0.25, 0.3) is 10.2 Å². The minimum Gasteiger partial charge on any atom is -0.397 e. The minimum absolute atomic E-state index is 0.276. The van der Waals surface area contributed by atoms with E-state index in [1.54, 1.807) is 0 Å². The van der Waals surface area contributed by atoms with E-state index < -0.39 is 11.6 Å². The molecule has 0 aromatic carbocycles. The predicted octanol–water partition coefficient (Wildman–Crippen LogP) is 2.11. The van der Waals surface area contributed by atoms with Gasteiger partial charge in [-0.3, -0.25) is 0 Å². The zero-order valence-corrected chi connectivity index (χ0v) is 15.4. The zero-order valence-electron chi connectivity index (χ0n) is 14.6. The highest BCUT2D eigenvalue weighted by Gasteiger charge is 2.31. The molecule has 0 radical (unpaired) electrons. The van der Waals surface area contributed by atoms with Crippen LogP contribution in [0.1, 0.15) is 31.7 Å². The molecule has 26 heavy (non-hydrogen) atoms. The Hall–Kier alpha value is -2.57. The van der Waals surface area contributed by atoms with Crippen molar-refractivity contribution in [1.82, 2.24) is 4.98 Å². The number of anilines is 2. The number of ether oxygens (including phenoxy) is 1. The van der Waals surface area contributed by atoms with Crippen molar-refractivity contribution < 1.29 is 9.53 Å². The maximum Gasteiger partial charge on any atom is 0.410 e. The monoisotopic (exact) mass is 374 g/mol. The molecule has 2 aromatic heterocycles. The van der Waals surface area contributed by atoms with E-state index in [4.69, 9.17) is 26.9 Å². The highest BCUT2D eigenvalue weighted by Crippen LogP contribution is 2.42. The van der Waals surface area contributed by atoms with Crippen LogP contribution in [-0.2, 0) is 6.42 Å². The molecule has 1 amide bonds. The van der Waals surface area contributed by atoms with Gasteiger partial charge >= 0.3 is 6.09 Å². The molecular weight excluding hydrogens is 352 g/mol. The molecule has 1 fully saturated rings. The third-order valence-electron chi connectivity index (χ3n) is 4.65. The number of aryl methyl sites for hydroxylation is 1. The van der Waals surface area contributed by atoms with Crippen LogP contribution in [-0.4, -0.2) is 29.7 Å². The van der Waals surface area contributed by atoms with Crippen molar-refractivity contribution >= 4 is 39.2 Å². The highest BCUT2D eigenvalue weighted by molar-refractivity contribution is 7.21. The van der Waals surface area contributed by atoms with Gasteiger partial charge in [0.15, 0.2) is 0 Å². The summed E-state index contributed by atoms with van der Waals surface area (Å²) in [4.78, 5) is 18.7. The lowest BCUT2D eigenvalue weighted by atomic mass is 9.90. The molecule has 9 heteroatoms. The Morgan fingerprint density at radius 2 is 2.19 bits per heavy atom. The normalized spacial score (nSPS) is 16.4. The Kier molecular flexibility index (Phi) is 4.89. The molecule has 0 unspecified atom stereocenters. The van der Waals surface area contributed by atoms with Gasteiger partial charge in [0.2, 0.25) is 5.06 Å². The number of piperidine rings is 1. The van der Waals surface area contributed by atoms with Crippen LogP contribution in [0.2, 0.25) is 0 Å². The Labute approximate surface area is 155 Å². The molecular formula is C17H22N6O2S. The number of thiophene rings is 1. The average Bonchev–Trinajstić information content (AvgIpc) is 2.91. The van der Waals surface area contributed by atoms with Crippen LogP contribution < -0.4 is 26.8 Å². The van der Waals surface area contributed by atoms with E-state index in [2.05, 4.69) is 17.9 Å². The second-order valence-electron chi connectivity index (χ2n) is 6.55. The number of hydrogen-bond acceptors (Lipinski definition) is 8. The Balaban J connectivity index is 2.00. The molecule has 1 aliphatic rings. The van der Waals surface area contributed by atoms with Crippen molar-refractivity contribution in [2.75, 3.05) is 23.7 Å². The molecule has 138 valence electrons. The smallest absolute Gasteiger partial charge is 0.397 e. The molecule has 6 N–H and O–H groups in total. The maximum atomic E-state index is 11.1. The van der Waals surface area contributed by atoms with Gasteiger partial charge in [0.1, 0.15) is 16.2 Å². The Morgan fingerprint density at radius 1 is 1.50 bits per heavy atom. The number of aromatic nitrogens is 1. The van der Waals surface area contributed by atoms with Gasteiger partial charge in [-0.2, -0.15) is 5.26 Å². The molecule has 3 heterocycles. The first-order valence-electron chi connectivity index (χ1n) is 8.51. The van der Waals surface area contributed by atoms with Crippen LogP contribution >= 0.6 is 11.3 Å². The summed E-state index contributed by atoms with van der Waals surface area (Å²) in [7, 11) is 0. The Morgan fingerprint density at radius 3 is 2.77 bits per heavy atom. The van der Waals surface area contributed by atoms with Gasteiger partial charge in [-0.1, -0.05) is 24.7 Å². The fourth-order valence-corrected chi connectivity index (χ4v) is 4.20. The minimum atomic E-state index is -0.896. The van der Waals surface area contributed by atoms with E-state index >= 15 is 0 Å². The molecule has 1 aliphatic heterocycles. The topological polar surface area (TPSA) is 144 Å². The number of primary amides is 1. The molecule has 3 rings (SSSR count). The van der Waals surface area contributed by atoms with Crippen molar-refractivity contribution in [3.8, 4) is 11.1 Å². The lowest BCUT2D eigenvalue weighted by molar-refractivity contribution is 0.212. The van der Waals surface area contributed by atoms with Gasteiger partial charge in [0.05, 0.1) is 11.8 Å². The van der Waals surface area contributed by atoms with Gasteiger partial charge in [0.25, 0.3) is 0 Å². The number of nitrogen functional groups attached to an aromatic ring is 1. The summed E-state index contributed by atoms with van der Waals surface area (Å²) in [5, 5.41) is 10.3. The predicted molar refractivity (Wildman–Crippen MR) is 102 cm³/mol. The molecule has 0 saturated carbocycles. The largest absolute Gasteiger partial charge is 0.410 e. The summed E-state index contributed by atoms with van der Waals surface area (Å²) in [5.41, 5.74) is 18.0. The summed E-state index contributed by atoms with van der Waals surface area (Å²) >= 11 is 1.21. The highest BCUT2D eigenvalue weighted by atomic mass is 32.1. The number of nitrogens with two attached hydrogens (primary N) is 3. The number of amides is 1. The summed E-state index contributed by atoms with van der Waals surface area (Å²) in [6.45, 7) is 3.42. The molecule has 0 aliphatic carbocycles. The second kappa shape index (κ2) is 6.97. The summed E-state index contributed by atoms with van der Waals surface area (Å²) < 4.78 is 5.02. The average molecular weight is 374 g/mol. The summed E-state index contributed by atoms with van der Waals surface area (Å²) in [6.07, 6.45) is 2.06. The number of pyridine rings is 1. The van der Waals surface area contributed by atoms with Gasteiger partial charge in [-0.25, -0.2) is 9.78 Å². The van der Waals surface area contributed by atoms with E-state index in [-0.39, 0.29) is 5.06 Å². The summed E-state index contributed by atoms with van der Waals surface area (Å²) in [6, 6.07) is 4.23. The number of nitrogens with zero attached hydrogens (tertiary/aromatic N) is 3. The maximum absolute atomic E-state index is 11.1. The molecule has 1 saturated heterocycles. The van der Waals surface area contributed by atoms with E-state index in [9.17, 15) is 10.1 Å². The van der Waals surface area contributed by atoms with Gasteiger partial charge < -0.3 is 26.8 Å². The van der Waals surface area contributed by atoms with E-state index in [1.165, 1.54) is 11.3 Å². The second-order valence-corrected chi connectivity index (χ2v) is 7.51. The van der Waals surface area contributed by atoms with Gasteiger partial charge in [-0.05, 0) is 30.9 Å². The van der Waals surface area contributed by atoms with Gasteiger partial charge in [0, 0.05) is 18.5 Å². The van der Waals surface area contributed by atoms with Crippen molar-refractivity contribution in [2.45, 2.75) is 38.1 Å². The number of hydrogen-bond donors (Lipinski definition) is 3. The molecule has 0 atom stereocenters. The number of rotatable bonds is 4. The fourth-order valence-electron chi connectivity index (χ4n) is 3.21. The third kappa shape index (κ3) is 3.38. The first kappa shape index (κ1) is 18.2. The first-order valence-corrected chi connectivity index (χ1v) is 9.33. The quantitative estimate of drug-likeness (QED) is 0.743. The number of fused-ring (bicyclic) bond motifs is 1. The van der Waals surface area contributed by atoms with Crippen molar-refractivity contribution in [3.05, 3.63) is 11.6 Å². The van der Waals surface area contributed by atoms with Crippen LogP contribution in [0.3, 0.4) is 0 Å². The number of carbonyl (C=O) groups is 1. The molecule has 0 spiro atoms. The van der Waals surface area contributed by atoms with Crippen LogP contribution in [0.5, 0.6) is 5.06 Å². The molecule has 2 aromatic rings. The van der Waals surface area contributed by atoms with E-state index in [0.717, 1.165) is 29.6 Å². The van der Waals surface area contributed by atoms with Gasteiger partial charge in [-0.15, -0.1) is 0 Å². The summed E-state index contributed by atoms with van der Waals surface area (Å²) in [5.74, 6) is 0.827. The zero-order chi connectivity index (χ0) is 18.9. The third-order valence-corrected chi connectivity index (χ3v) is 5.63. The molecule has 0 bridgehead atoms. The van der Waals surface area contributed by atoms with Crippen LogP contribution in [0.15, 0.2) is 6.07 Å².